The summed E-state index contributed by atoms with van der Waals surface area (Å²) in [6.45, 7) is 2.86. The van der Waals surface area contributed by atoms with E-state index in [4.69, 9.17) is 9.97 Å². The number of pyridine rings is 1. The molecule has 0 aliphatic carbocycles. The van der Waals surface area contributed by atoms with Crippen molar-refractivity contribution in [3.05, 3.63) is 102 Å². The smallest absolute Gasteiger partial charge is 0.166 e. The van der Waals surface area contributed by atoms with Gasteiger partial charge < -0.3 is 4.90 Å². The highest BCUT2D eigenvalue weighted by Gasteiger charge is 2.25. The molecule has 1 aliphatic heterocycles. The van der Waals surface area contributed by atoms with Gasteiger partial charge in [-0.1, -0.05) is 35.9 Å². The topological polar surface area (TPSA) is 41.9 Å². The summed E-state index contributed by atoms with van der Waals surface area (Å²) in [5.41, 5.74) is 5.91. The number of benzene rings is 3. The van der Waals surface area contributed by atoms with Gasteiger partial charge in [-0.2, -0.15) is 0 Å². The van der Waals surface area contributed by atoms with Crippen molar-refractivity contribution in [2.45, 2.75) is 13.3 Å². The van der Waals surface area contributed by atoms with Gasteiger partial charge in [-0.15, -0.1) is 0 Å². The van der Waals surface area contributed by atoms with E-state index in [0.29, 0.717) is 11.4 Å². The number of hydrogen-bond donors (Lipinski definition) is 0. The van der Waals surface area contributed by atoms with Crippen molar-refractivity contribution in [1.29, 1.82) is 0 Å². The van der Waals surface area contributed by atoms with Gasteiger partial charge in [0.2, 0.25) is 0 Å². The number of anilines is 2. The first kappa shape index (κ1) is 20.4. The van der Waals surface area contributed by atoms with Crippen molar-refractivity contribution in [3.63, 3.8) is 0 Å². The van der Waals surface area contributed by atoms with Gasteiger partial charge in [0.15, 0.2) is 17.5 Å². The normalized spacial score (nSPS) is 12.9. The molecule has 5 aromatic rings. The number of rotatable bonds is 3. The lowest BCUT2D eigenvalue weighted by molar-refractivity contribution is 0.511. The molecule has 0 spiro atoms. The molecule has 6 rings (SSSR count). The van der Waals surface area contributed by atoms with Crippen molar-refractivity contribution in [3.8, 4) is 22.5 Å². The Hall–Kier alpha value is -4.19. The second-order valence-corrected chi connectivity index (χ2v) is 8.48. The van der Waals surface area contributed by atoms with Gasteiger partial charge in [-0.25, -0.2) is 18.7 Å². The van der Waals surface area contributed by atoms with Crippen LogP contribution in [0.5, 0.6) is 0 Å². The van der Waals surface area contributed by atoms with E-state index in [1.807, 2.05) is 24.3 Å². The molecule has 3 heterocycles. The lowest BCUT2D eigenvalue weighted by Gasteiger charge is -2.21. The maximum Gasteiger partial charge on any atom is 0.166 e. The number of aromatic nitrogens is 3. The SMILES string of the molecule is Cc1ccc2c(c1)CCN2c1nc(-c2cccnc2)nc2ccc(-c3cccc(F)c3F)cc12. The number of hydrogen-bond acceptors (Lipinski definition) is 4. The van der Waals surface area contributed by atoms with E-state index in [0.717, 1.165) is 47.0 Å². The van der Waals surface area contributed by atoms with Crippen molar-refractivity contribution in [1.82, 2.24) is 15.0 Å². The fraction of sp³-hybridized carbons (Fsp3) is 0.107. The molecule has 0 bridgehead atoms. The highest BCUT2D eigenvalue weighted by atomic mass is 19.2. The number of halogens is 2. The average Bonchev–Trinajstić information content (AvgIpc) is 3.28. The van der Waals surface area contributed by atoms with E-state index in [2.05, 4.69) is 35.0 Å². The van der Waals surface area contributed by atoms with Crippen molar-refractivity contribution in [2.75, 3.05) is 11.4 Å². The molecule has 3 aromatic carbocycles. The molecule has 0 amide bonds. The van der Waals surface area contributed by atoms with Gasteiger partial charge in [0.25, 0.3) is 0 Å². The minimum absolute atomic E-state index is 0.210. The quantitative estimate of drug-likeness (QED) is 0.309. The molecule has 0 saturated carbocycles. The Morgan fingerprint density at radius 1 is 0.882 bits per heavy atom. The third kappa shape index (κ3) is 3.39. The van der Waals surface area contributed by atoms with Crippen molar-refractivity contribution in [2.24, 2.45) is 0 Å². The first-order valence-corrected chi connectivity index (χ1v) is 11.1. The van der Waals surface area contributed by atoms with Crippen LogP contribution in [-0.2, 0) is 6.42 Å². The zero-order valence-corrected chi connectivity index (χ0v) is 18.5. The molecule has 6 heteroatoms. The van der Waals surface area contributed by atoms with Gasteiger partial charge in [0.05, 0.1) is 5.52 Å². The van der Waals surface area contributed by atoms with Gasteiger partial charge in [0.1, 0.15) is 5.82 Å². The van der Waals surface area contributed by atoms with Gasteiger partial charge in [-0.3, -0.25) is 4.98 Å². The second-order valence-electron chi connectivity index (χ2n) is 8.48. The summed E-state index contributed by atoms with van der Waals surface area (Å²) in [4.78, 5) is 16.1. The van der Waals surface area contributed by atoms with Crippen LogP contribution in [0.15, 0.2) is 79.1 Å². The summed E-state index contributed by atoms with van der Waals surface area (Å²) in [5.74, 6) is -0.422. The van der Waals surface area contributed by atoms with E-state index in [1.165, 1.54) is 17.2 Å². The summed E-state index contributed by atoms with van der Waals surface area (Å²) in [5, 5.41) is 0.780. The van der Waals surface area contributed by atoms with Crippen LogP contribution in [0.2, 0.25) is 0 Å². The predicted molar refractivity (Wildman–Crippen MR) is 130 cm³/mol. The fourth-order valence-electron chi connectivity index (χ4n) is 4.59. The minimum atomic E-state index is -0.871. The summed E-state index contributed by atoms with van der Waals surface area (Å²) >= 11 is 0. The molecular weight excluding hydrogens is 430 g/mol. The van der Waals surface area contributed by atoms with Crippen molar-refractivity contribution < 1.29 is 8.78 Å². The van der Waals surface area contributed by atoms with Crippen LogP contribution >= 0.6 is 0 Å². The second kappa shape index (κ2) is 7.99. The number of fused-ring (bicyclic) bond motifs is 2. The summed E-state index contributed by atoms with van der Waals surface area (Å²) in [6, 6.07) is 19.9. The Labute approximate surface area is 195 Å². The Bertz CT molecular complexity index is 1550. The molecule has 0 fully saturated rings. The molecular formula is C28H20F2N4. The van der Waals surface area contributed by atoms with Crippen LogP contribution < -0.4 is 4.90 Å². The molecule has 4 nitrogen and oxygen atoms in total. The van der Waals surface area contributed by atoms with E-state index < -0.39 is 11.6 Å². The summed E-state index contributed by atoms with van der Waals surface area (Å²) < 4.78 is 28.5. The highest BCUT2D eigenvalue weighted by molar-refractivity contribution is 5.96. The first-order chi connectivity index (χ1) is 16.6. The molecule has 0 saturated heterocycles. The van der Waals surface area contributed by atoms with Gasteiger partial charge >= 0.3 is 0 Å². The number of aryl methyl sites for hydroxylation is 1. The standard InChI is InChI=1S/C28H20F2N4/c1-17-7-10-25-19(14-17)11-13-34(25)28-22-15-18(21-5-2-6-23(29)26(21)30)8-9-24(22)32-27(33-28)20-4-3-12-31-16-20/h2-10,12,14-16H,11,13H2,1H3. The van der Waals surface area contributed by atoms with E-state index in [1.54, 1.807) is 24.5 Å². The Morgan fingerprint density at radius 2 is 1.79 bits per heavy atom. The third-order valence-electron chi connectivity index (χ3n) is 6.24. The Kier molecular flexibility index (Phi) is 4.80. The maximum absolute atomic E-state index is 14.6. The highest BCUT2D eigenvalue weighted by Crippen LogP contribution is 2.39. The molecule has 2 aromatic heterocycles. The number of nitrogens with zero attached hydrogens (tertiary/aromatic N) is 4. The molecule has 0 unspecified atom stereocenters. The molecule has 0 atom stereocenters. The van der Waals surface area contributed by atoms with E-state index in [-0.39, 0.29) is 5.56 Å². The predicted octanol–water partition coefficient (Wildman–Crippen LogP) is 6.64. The third-order valence-corrected chi connectivity index (χ3v) is 6.24. The summed E-state index contributed by atoms with van der Waals surface area (Å²) in [6.07, 6.45) is 4.36. The maximum atomic E-state index is 14.6. The van der Waals surface area contributed by atoms with E-state index in [9.17, 15) is 8.78 Å². The van der Waals surface area contributed by atoms with Crippen LogP contribution in [-0.4, -0.2) is 21.5 Å². The monoisotopic (exact) mass is 450 g/mol. The largest absolute Gasteiger partial charge is 0.325 e. The zero-order valence-electron chi connectivity index (χ0n) is 18.5. The van der Waals surface area contributed by atoms with E-state index >= 15 is 0 Å². The van der Waals surface area contributed by atoms with Crippen LogP contribution in [0.3, 0.4) is 0 Å². The minimum Gasteiger partial charge on any atom is -0.325 e. The average molecular weight is 450 g/mol. The van der Waals surface area contributed by atoms with Crippen LogP contribution in [0.25, 0.3) is 33.4 Å². The lowest BCUT2D eigenvalue weighted by Crippen LogP contribution is -2.16. The lowest BCUT2D eigenvalue weighted by atomic mass is 10.0. The van der Waals surface area contributed by atoms with Gasteiger partial charge in [0, 0.05) is 41.1 Å². The Balaban J connectivity index is 1.59. The van der Waals surface area contributed by atoms with Crippen LogP contribution in [0.4, 0.5) is 20.3 Å². The fourth-order valence-corrected chi connectivity index (χ4v) is 4.59. The molecule has 0 radical (unpaired) electrons. The molecule has 34 heavy (non-hydrogen) atoms. The first-order valence-electron chi connectivity index (χ1n) is 11.1. The van der Waals surface area contributed by atoms with Crippen LogP contribution in [0, 0.1) is 18.6 Å². The molecule has 0 N–H and O–H groups in total. The van der Waals surface area contributed by atoms with Crippen molar-refractivity contribution >= 4 is 22.4 Å². The van der Waals surface area contributed by atoms with Crippen LogP contribution in [0.1, 0.15) is 11.1 Å². The van der Waals surface area contributed by atoms with Gasteiger partial charge in [-0.05, 0) is 60.9 Å². The zero-order chi connectivity index (χ0) is 23.2. The molecule has 166 valence electrons. The molecule has 1 aliphatic rings. The summed E-state index contributed by atoms with van der Waals surface area (Å²) in [7, 11) is 0. The Morgan fingerprint density at radius 3 is 2.65 bits per heavy atom.